The lowest BCUT2D eigenvalue weighted by Crippen LogP contribution is -2.08. The van der Waals surface area contributed by atoms with Crippen LogP contribution in [0.3, 0.4) is 0 Å². The third-order valence-corrected chi connectivity index (χ3v) is 2.38. The van der Waals surface area contributed by atoms with Crippen LogP contribution in [0.5, 0.6) is 11.5 Å². The van der Waals surface area contributed by atoms with Gasteiger partial charge in [0.15, 0.2) is 0 Å². The first-order chi connectivity index (χ1) is 8.74. The van der Waals surface area contributed by atoms with Gasteiger partial charge in [-0.25, -0.2) is 0 Å². The van der Waals surface area contributed by atoms with Crippen molar-refractivity contribution in [3.05, 3.63) is 48.5 Å². The van der Waals surface area contributed by atoms with Crippen molar-refractivity contribution in [1.82, 2.24) is 0 Å². The molecule has 0 saturated carbocycles. The summed E-state index contributed by atoms with van der Waals surface area (Å²) in [4.78, 5) is 0. The molecule has 2 aromatic carbocycles. The molecule has 0 bridgehead atoms. The zero-order chi connectivity index (χ0) is 12.8. The van der Waals surface area contributed by atoms with Crippen molar-refractivity contribution in [3.8, 4) is 11.5 Å². The van der Waals surface area contributed by atoms with Crippen molar-refractivity contribution in [1.29, 1.82) is 0 Å². The Morgan fingerprint density at radius 3 is 1.20 bits per heavy atom. The lowest BCUT2D eigenvalue weighted by Gasteiger charge is -2.08. The lowest BCUT2D eigenvalue weighted by atomic mass is 10.3. The zero-order valence-corrected chi connectivity index (χ0v) is 11.0. The number of benzene rings is 2. The molecule has 0 unspecified atom stereocenters. The van der Waals surface area contributed by atoms with Gasteiger partial charge in [-0.15, -0.1) is 0 Å². The molecule has 2 aromatic rings. The molecule has 0 aliphatic carbocycles. The third kappa shape index (κ3) is 5.47. The van der Waals surface area contributed by atoms with Crippen LogP contribution in [0.25, 0.3) is 0 Å². The van der Waals surface area contributed by atoms with Gasteiger partial charge in [0.1, 0.15) is 24.7 Å². The summed E-state index contributed by atoms with van der Waals surface area (Å²) in [6, 6.07) is 14.5. The fourth-order valence-electron chi connectivity index (χ4n) is 1.45. The predicted octanol–water partition coefficient (Wildman–Crippen LogP) is 0.659. The number of anilines is 2. The zero-order valence-electron chi connectivity index (χ0n) is 11.0. The molecule has 0 spiro atoms. The SMILES string of the molecule is Nc1ccc(OCCOc2ccc(N)cc2)cc1.O.O. The van der Waals surface area contributed by atoms with Crippen LogP contribution in [-0.2, 0) is 0 Å². The van der Waals surface area contributed by atoms with E-state index in [4.69, 9.17) is 20.9 Å². The second-order valence-corrected chi connectivity index (χ2v) is 3.83. The minimum absolute atomic E-state index is 0. The van der Waals surface area contributed by atoms with E-state index < -0.39 is 0 Å². The molecular formula is C14H20N2O4. The molecule has 0 aromatic heterocycles. The first-order valence-corrected chi connectivity index (χ1v) is 5.71. The largest absolute Gasteiger partial charge is 0.490 e. The molecule has 8 N–H and O–H groups in total. The Balaban J connectivity index is 0.00000180. The van der Waals surface area contributed by atoms with E-state index in [0.717, 1.165) is 22.9 Å². The third-order valence-electron chi connectivity index (χ3n) is 2.38. The van der Waals surface area contributed by atoms with Crippen molar-refractivity contribution >= 4 is 11.4 Å². The maximum absolute atomic E-state index is 5.58. The fraction of sp³-hybridized carbons (Fsp3) is 0.143. The minimum Gasteiger partial charge on any atom is -0.490 e. The topological polar surface area (TPSA) is 134 Å². The molecule has 0 atom stereocenters. The summed E-state index contributed by atoms with van der Waals surface area (Å²) < 4.78 is 11.0. The molecule has 0 heterocycles. The molecule has 110 valence electrons. The van der Waals surface area contributed by atoms with Gasteiger partial charge in [-0.1, -0.05) is 0 Å². The van der Waals surface area contributed by atoms with Gasteiger partial charge in [0.2, 0.25) is 0 Å². The quantitative estimate of drug-likeness (QED) is 0.614. The van der Waals surface area contributed by atoms with E-state index in [1.165, 1.54) is 0 Å². The van der Waals surface area contributed by atoms with Gasteiger partial charge in [0.05, 0.1) is 0 Å². The molecule has 2 rings (SSSR count). The summed E-state index contributed by atoms with van der Waals surface area (Å²) >= 11 is 0. The van der Waals surface area contributed by atoms with Crippen molar-refractivity contribution in [2.45, 2.75) is 0 Å². The highest BCUT2D eigenvalue weighted by Crippen LogP contribution is 2.14. The van der Waals surface area contributed by atoms with Gasteiger partial charge in [-0.3, -0.25) is 0 Å². The van der Waals surface area contributed by atoms with Crippen LogP contribution < -0.4 is 20.9 Å². The van der Waals surface area contributed by atoms with Crippen LogP contribution in [0.1, 0.15) is 0 Å². The monoisotopic (exact) mass is 280 g/mol. The minimum atomic E-state index is 0. The van der Waals surface area contributed by atoms with Crippen LogP contribution >= 0.6 is 0 Å². The van der Waals surface area contributed by atoms with Crippen molar-refractivity contribution < 1.29 is 20.4 Å². The summed E-state index contributed by atoms with van der Waals surface area (Å²) in [6.45, 7) is 0.961. The average molecular weight is 280 g/mol. The molecule has 6 heteroatoms. The molecule has 0 amide bonds. The first-order valence-electron chi connectivity index (χ1n) is 5.71. The molecule has 0 fully saturated rings. The molecule has 20 heavy (non-hydrogen) atoms. The van der Waals surface area contributed by atoms with E-state index in [-0.39, 0.29) is 11.0 Å². The second kappa shape index (κ2) is 8.63. The number of nitrogen functional groups attached to an aromatic ring is 2. The van der Waals surface area contributed by atoms with E-state index in [1.54, 1.807) is 24.3 Å². The maximum atomic E-state index is 5.58. The first kappa shape index (κ1) is 17.6. The highest BCUT2D eigenvalue weighted by Gasteiger charge is 1.95. The lowest BCUT2D eigenvalue weighted by molar-refractivity contribution is 0.217. The van der Waals surface area contributed by atoms with E-state index in [0.29, 0.717) is 13.2 Å². The van der Waals surface area contributed by atoms with E-state index >= 15 is 0 Å². The van der Waals surface area contributed by atoms with Crippen molar-refractivity contribution in [3.63, 3.8) is 0 Å². The van der Waals surface area contributed by atoms with Gasteiger partial charge in [0.25, 0.3) is 0 Å². The Morgan fingerprint density at radius 2 is 0.900 bits per heavy atom. The number of hydrogen-bond acceptors (Lipinski definition) is 4. The normalized spacial score (nSPS) is 9.00. The Hall–Kier alpha value is -2.44. The molecule has 0 saturated heterocycles. The summed E-state index contributed by atoms with van der Waals surface area (Å²) in [5.74, 6) is 1.57. The van der Waals surface area contributed by atoms with Gasteiger partial charge < -0.3 is 31.9 Å². The van der Waals surface area contributed by atoms with Crippen LogP contribution in [0, 0.1) is 0 Å². The van der Waals surface area contributed by atoms with Gasteiger partial charge in [-0.2, -0.15) is 0 Å². The maximum Gasteiger partial charge on any atom is 0.122 e. The summed E-state index contributed by atoms with van der Waals surface area (Å²) in [5, 5.41) is 0. The Morgan fingerprint density at radius 1 is 0.600 bits per heavy atom. The highest BCUT2D eigenvalue weighted by molar-refractivity contribution is 5.42. The summed E-state index contributed by atoms with van der Waals surface area (Å²) in [6.07, 6.45) is 0. The number of hydrogen-bond donors (Lipinski definition) is 2. The average Bonchev–Trinajstić information content (AvgIpc) is 2.39. The molecule has 6 nitrogen and oxygen atoms in total. The van der Waals surface area contributed by atoms with Crippen LogP contribution in [0.2, 0.25) is 0 Å². The van der Waals surface area contributed by atoms with Crippen LogP contribution in [0.15, 0.2) is 48.5 Å². The molecule has 0 aliphatic heterocycles. The Kier molecular flexibility index (Phi) is 7.57. The number of rotatable bonds is 5. The molecule has 0 aliphatic rings. The van der Waals surface area contributed by atoms with E-state index in [1.807, 2.05) is 24.3 Å². The standard InChI is InChI=1S/C14H16N2O2.2H2O/c15-11-1-5-13(6-2-11)17-9-10-18-14-7-3-12(16)4-8-14;;/h1-8H,9-10,15-16H2;2*1H2. The van der Waals surface area contributed by atoms with Gasteiger partial charge >= 0.3 is 0 Å². The van der Waals surface area contributed by atoms with Crippen LogP contribution in [-0.4, -0.2) is 24.2 Å². The van der Waals surface area contributed by atoms with Crippen molar-refractivity contribution in [2.24, 2.45) is 0 Å². The van der Waals surface area contributed by atoms with E-state index in [9.17, 15) is 0 Å². The van der Waals surface area contributed by atoms with Crippen LogP contribution in [0.4, 0.5) is 11.4 Å². The predicted molar refractivity (Wildman–Crippen MR) is 79.9 cm³/mol. The Labute approximate surface area is 117 Å². The fourth-order valence-corrected chi connectivity index (χ4v) is 1.45. The number of ether oxygens (including phenoxy) is 2. The molecular weight excluding hydrogens is 260 g/mol. The van der Waals surface area contributed by atoms with E-state index in [2.05, 4.69) is 0 Å². The van der Waals surface area contributed by atoms with Crippen molar-refractivity contribution in [2.75, 3.05) is 24.7 Å². The van der Waals surface area contributed by atoms with Gasteiger partial charge in [-0.05, 0) is 48.5 Å². The summed E-state index contributed by atoms with van der Waals surface area (Å²) in [7, 11) is 0. The highest BCUT2D eigenvalue weighted by atomic mass is 16.5. The molecule has 0 radical (unpaired) electrons. The Bertz CT molecular complexity index is 438. The van der Waals surface area contributed by atoms with Gasteiger partial charge in [0, 0.05) is 11.4 Å². The number of nitrogens with two attached hydrogens (primary N) is 2. The summed E-state index contributed by atoms with van der Waals surface area (Å²) in [5.41, 5.74) is 12.6. The smallest absolute Gasteiger partial charge is 0.122 e. The second-order valence-electron chi connectivity index (χ2n) is 3.83.